The second-order valence-electron chi connectivity index (χ2n) is 8.03. The molecule has 0 unspecified atom stereocenters. The summed E-state index contributed by atoms with van der Waals surface area (Å²) >= 11 is 12.1. The van der Waals surface area contributed by atoms with Crippen LogP contribution in [0, 0.1) is 0 Å². The number of anilines is 1. The SMILES string of the molecule is CCc1ccccc1NC(=O)c1ccc(CNC2=C(Cl)C(=O)N(Cc3ccc(Cl)cc3)C2=O)cc1. The van der Waals surface area contributed by atoms with Crippen molar-refractivity contribution in [2.24, 2.45) is 0 Å². The van der Waals surface area contributed by atoms with Gasteiger partial charge in [-0.2, -0.15) is 0 Å². The Morgan fingerprint density at radius 1 is 0.857 bits per heavy atom. The Hall–Kier alpha value is -3.61. The minimum atomic E-state index is -0.548. The van der Waals surface area contributed by atoms with Gasteiger partial charge in [0.15, 0.2) is 0 Å². The van der Waals surface area contributed by atoms with Gasteiger partial charge < -0.3 is 10.6 Å². The van der Waals surface area contributed by atoms with Gasteiger partial charge in [0.05, 0.1) is 6.54 Å². The topological polar surface area (TPSA) is 78.5 Å². The van der Waals surface area contributed by atoms with E-state index >= 15 is 0 Å². The number of hydrogen-bond donors (Lipinski definition) is 2. The summed E-state index contributed by atoms with van der Waals surface area (Å²) < 4.78 is 0. The summed E-state index contributed by atoms with van der Waals surface area (Å²) in [5.74, 6) is -1.24. The highest BCUT2D eigenvalue weighted by molar-refractivity contribution is 6.47. The van der Waals surface area contributed by atoms with Crippen LogP contribution in [0.2, 0.25) is 5.02 Å². The van der Waals surface area contributed by atoms with Gasteiger partial charge in [-0.1, -0.05) is 72.6 Å². The fraction of sp³-hybridized carbons (Fsp3) is 0.148. The van der Waals surface area contributed by atoms with Crippen molar-refractivity contribution in [3.05, 3.63) is 111 Å². The third-order valence-electron chi connectivity index (χ3n) is 5.70. The zero-order valence-electron chi connectivity index (χ0n) is 19.0. The number of carbonyl (C=O) groups excluding carboxylic acids is 3. The summed E-state index contributed by atoms with van der Waals surface area (Å²) in [7, 11) is 0. The van der Waals surface area contributed by atoms with Gasteiger partial charge in [-0.05, 0) is 53.4 Å². The predicted octanol–water partition coefficient (Wildman–Crippen LogP) is 5.26. The van der Waals surface area contributed by atoms with E-state index in [1.54, 1.807) is 48.5 Å². The first-order chi connectivity index (χ1) is 16.9. The fourth-order valence-corrected chi connectivity index (χ4v) is 4.10. The lowest BCUT2D eigenvalue weighted by Crippen LogP contribution is -2.33. The molecule has 4 rings (SSSR count). The Kier molecular flexibility index (Phi) is 7.54. The molecule has 0 spiro atoms. The van der Waals surface area contributed by atoms with Gasteiger partial charge in [0.1, 0.15) is 10.7 Å². The summed E-state index contributed by atoms with van der Waals surface area (Å²) in [6, 6.07) is 21.6. The molecule has 1 aliphatic rings. The van der Waals surface area contributed by atoms with Crippen molar-refractivity contribution >= 4 is 46.6 Å². The van der Waals surface area contributed by atoms with Crippen LogP contribution in [0.15, 0.2) is 83.5 Å². The van der Waals surface area contributed by atoms with E-state index in [-0.39, 0.29) is 29.7 Å². The third-order valence-corrected chi connectivity index (χ3v) is 6.30. The van der Waals surface area contributed by atoms with Crippen molar-refractivity contribution in [2.75, 3.05) is 5.32 Å². The number of benzene rings is 3. The van der Waals surface area contributed by atoms with Crippen molar-refractivity contribution in [3.63, 3.8) is 0 Å². The Bertz CT molecular complexity index is 1300. The Morgan fingerprint density at radius 3 is 2.20 bits per heavy atom. The number of nitrogens with one attached hydrogen (secondary N) is 2. The first-order valence-corrected chi connectivity index (χ1v) is 11.9. The van der Waals surface area contributed by atoms with Crippen molar-refractivity contribution in [2.45, 2.75) is 26.4 Å². The molecule has 0 aliphatic carbocycles. The maximum atomic E-state index is 12.8. The van der Waals surface area contributed by atoms with Crippen molar-refractivity contribution in [1.29, 1.82) is 0 Å². The second-order valence-corrected chi connectivity index (χ2v) is 8.84. The van der Waals surface area contributed by atoms with Crippen molar-refractivity contribution in [3.8, 4) is 0 Å². The molecule has 8 heteroatoms. The average Bonchev–Trinajstić information content (AvgIpc) is 3.07. The highest BCUT2D eigenvalue weighted by atomic mass is 35.5. The number of hydrogen-bond acceptors (Lipinski definition) is 4. The predicted molar refractivity (Wildman–Crippen MR) is 137 cm³/mol. The van der Waals surface area contributed by atoms with Crippen LogP contribution in [0.4, 0.5) is 5.69 Å². The molecule has 0 bridgehead atoms. The zero-order valence-corrected chi connectivity index (χ0v) is 20.5. The van der Waals surface area contributed by atoms with E-state index in [9.17, 15) is 14.4 Å². The maximum absolute atomic E-state index is 12.8. The number of para-hydroxylation sites is 1. The number of carbonyl (C=O) groups is 3. The van der Waals surface area contributed by atoms with Gasteiger partial charge >= 0.3 is 0 Å². The number of imide groups is 1. The fourth-order valence-electron chi connectivity index (χ4n) is 3.73. The van der Waals surface area contributed by atoms with Crippen LogP contribution < -0.4 is 10.6 Å². The molecule has 0 saturated heterocycles. The lowest BCUT2D eigenvalue weighted by molar-refractivity contribution is -0.138. The molecule has 3 amide bonds. The number of aryl methyl sites for hydroxylation is 1. The summed E-state index contributed by atoms with van der Waals surface area (Å²) in [4.78, 5) is 39.1. The standard InChI is InChI=1S/C27H23Cl2N3O3/c1-2-19-5-3-4-6-22(19)31-25(33)20-11-7-17(8-12-20)15-30-24-23(29)26(34)32(27(24)35)16-18-9-13-21(28)14-10-18/h3-14,30H,2,15-16H2,1H3,(H,31,33). The van der Waals surface area contributed by atoms with E-state index in [0.29, 0.717) is 10.6 Å². The number of amides is 3. The molecule has 0 saturated carbocycles. The number of halogens is 2. The molecule has 3 aromatic rings. The zero-order chi connectivity index (χ0) is 24.9. The lowest BCUT2D eigenvalue weighted by Gasteiger charge is -2.15. The molecule has 1 aliphatic heterocycles. The van der Waals surface area contributed by atoms with Gasteiger partial charge in [-0.25, -0.2) is 0 Å². The molecule has 2 N–H and O–H groups in total. The van der Waals surface area contributed by atoms with E-state index < -0.39 is 11.8 Å². The highest BCUT2D eigenvalue weighted by Gasteiger charge is 2.37. The molecule has 3 aromatic carbocycles. The Labute approximate surface area is 213 Å². The largest absolute Gasteiger partial charge is 0.375 e. The minimum absolute atomic E-state index is 0.0589. The number of rotatable bonds is 8. The van der Waals surface area contributed by atoms with Crippen LogP contribution in [-0.2, 0) is 29.1 Å². The maximum Gasteiger partial charge on any atom is 0.278 e. The molecule has 0 radical (unpaired) electrons. The van der Waals surface area contributed by atoms with Crippen LogP contribution >= 0.6 is 23.2 Å². The van der Waals surface area contributed by atoms with Gasteiger partial charge in [-0.15, -0.1) is 0 Å². The van der Waals surface area contributed by atoms with E-state index in [4.69, 9.17) is 23.2 Å². The monoisotopic (exact) mass is 507 g/mol. The average molecular weight is 508 g/mol. The first kappa shape index (κ1) is 24.5. The second kappa shape index (κ2) is 10.8. The van der Waals surface area contributed by atoms with Crippen LogP contribution in [-0.4, -0.2) is 22.6 Å². The van der Waals surface area contributed by atoms with Gasteiger partial charge in [-0.3, -0.25) is 19.3 Å². The van der Waals surface area contributed by atoms with Gasteiger partial charge in [0, 0.05) is 22.8 Å². The van der Waals surface area contributed by atoms with Crippen LogP contribution in [0.5, 0.6) is 0 Å². The van der Waals surface area contributed by atoms with E-state index in [1.165, 1.54) is 0 Å². The Balaban J connectivity index is 1.37. The molecular weight excluding hydrogens is 485 g/mol. The molecular formula is C27H23Cl2N3O3. The quantitative estimate of drug-likeness (QED) is 0.407. The van der Waals surface area contributed by atoms with E-state index in [2.05, 4.69) is 10.6 Å². The van der Waals surface area contributed by atoms with Crippen molar-refractivity contribution in [1.82, 2.24) is 10.2 Å². The molecule has 35 heavy (non-hydrogen) atoms. The normalized spacial score (nSPS) is 13.4. The molecule has 0 atom stereocenters. The summed E-state index contributed by atoms with van der Waals surface area (Å²) in [5, 5.41) is 6.34. The minimum Gasteiger partial charge on any atom is -0.375 e. The Morgan fingerprint density at radius 2 is 1.51 bits per heavy atom. The van der Waals surface area contributed by atoms with Crippen molar-refractivity contribution < 1.29 is 14.4 Å². The lowest BCUT2D eigenvalue weighted by atomic mass is 10.1. The summed E-state index contributed by atoms with van der Waals surface area (Å²) in [5.41, 5.74) is 4.01. The van der Waals surface area contributed by atoms with Crippen LogP contribution in [0.1, 0.15) is 34.0 Å². The molecule has 178 valence electrons. The molecule has 0 aromatic heterocycles. The van der Waals surface area contributed by atoms with Gasteiger partial charge in [0.2, 0.25) is 0 Å². The highest BCUT2D eigenvalue weighted by Crippen LogP contribution is 2.25. The first-order valence-electron chi connectivity index (χ1n) is 11.1. The smallest absolute Gasteiger partial charge is 0.278 e. The van der Waals surface area contributed by atoms with E-state index in [0.717, 1.165) is 33.7 Å². The van der Waals surface area contributed by atoms with Crippen LogP contribution in [0.3, 0.4) is 0 Å². The molecule has 0 fully saturated rings. The molecule has 1 heterocycles. The molecule has 6 nitrogen and oxygen atoms in total. The number of nitrogens with zero attached hydrogens (tertiary/aromatic N) is 1. The van der Waals surface area contributed by atoms with Gasteiger partial charge in [0.25, 0.3) is 17.7 Å². The van der Waals surface area contributed by atoms with Crippen LogP contribution in [0.25, 0.3) is 0 Å². The van der Waals surface area contributed by atoms with E-state index in [1.807, 2.05) is 31.2 Å². The third kappa shape index (κ3) is 5.56. The summed E-state index contributed by atoms with van der Waals surface area (Å²) in [6.45, 7) is 2.40. The summed E-state index contributed by atoms with van der Waals surface area (Å²) in [6.07, 6.45) is 0.817.